The number of nitrogens with two attached hydrogens (primary N) is 1. The number of halogens is 2. The molecule has 6 nitrogen and oxygen atoms in total. The Morgan fingerprint density at radius 3 is 2.62 bits per heavy atom. The molecule has 0 spiro atoms. The zero-order valence-electron chi connectivity index (χ0n) is 8.07. The Hall–Kier alpha value is -2.25. The van der Waals surface area contributed by atoms with Crippen LogP contribution in [0.2, 0.25) is 0 Å². The number of nitro groups is 1. The van der Waals surface area contributed by atoms with Crippen molar-refractivity contribution < 1.29 is 18.9 Å². The highest BCUT2D eigenvalue weighted by molar-refractivity contribution is 5.98. The van der Waals surface area contributed by atoms with Gasteiger partial charge in [-0.1, -0.05) is 5.16 Å². The molecule has 0 saturated carbocycles. The van der Waals surface area contributed by atoms with E-state index in [2.05, 4.69) is 5.16 Å². The molecule has 0 aliphatic rings. The molecule has 0 radical (unpaired) electrons. The molecule has 1 aromatic carbocycles. The van der Waals surface area contributed by atoms with Gasteiger partial charge in [0, 0.05) is 0 Å². The number of nitrogens with zero attached hydrogens (tertiary/aromatic N) is 2. The summed E-state index contributed by atoms with van der Waals surface area (Å²) in [4.78, 5) is 9.45. The lowest BCUT2D eigenvalue weighted by Gasteiger charge is -2.05. The minimum atomic E-state index is -1.33. The fourth-order valence-corrected chi connectivity index (χ4v) is 1.16. The summed E-state index contributed by atoms with van der Waals surface area (Å²) >= 11 is 0. The first-order valence-corrected chi connectivity index (χ1v) is 4.01. The SMILES string of the molecule is Cc1c(F)cc(/C(N)=N/O)c(F)c1[N+](=O)[O-]. The average molecular weight is 231 g/mol. The summed E-state index contributed by atoms with van der Waals surface area (Å²) in [6.45, 7) is 1.06. The summed E-state index contributed by atoms with van der Waals surface area (Å²) in [7, 11) is 0. The first-order chi connectivity index (χ1) is 7.40. The number of nitro benzene ring substituents is 1. The first kappa shape index (κ1) is 11.8. The fraction of sp³-hybridized carbons (Fsp3) is 0.125. The van der Waals surface area contributed by atoms with Gasteiger partial charge < -0.3 is 10.9 Å². The van der Waals surface area contributed by atoms with E-state index in [0.29, 0.717) is 6.07 Å². The monoisotopic (exact) mass is 231 g/mol. The number of benzene rings is 1. The van der Waals surface area contributed by atoms with Gasteiger partial charge in [-0.25, -0.2) is 4.39 Å². The summed E-state index contributed by atoms with van der Waals surface area (Å²) in [5.74, 6) is -3.08. The van der Waals surface area contributed by atoms with Gasteiger partial charge in [0.25, 0.3) is 0 Å². The van der Waals surface area contributed by atoms with E-state index in [1.807, 2.05) is 0 Å². The molecule has 0 heterocycles. The topological polar surface area (TPSA) is 102 Å². The Bertz CT molecular complexity index is 488. The van der Waals surface area contributed by atoms with E-state index >= 15 is 0 Å². The molecule has 0 amide bonds. The minimum Gasteiger partial charge on any atom is -0.409 e. The van der Waals surface area contributed by atoms with Crippen molar-refractivity contribution >= 4 is 11.5 Å². The van der Waals surface area contributed by atoms with Crippen LogP contribution in [0.5, 0.6) is 0 Å². The summed E-state index contributed by atoms with van der Waals surface area (Å²) in [5.41, 5.74) is 2.93. The van der Waals surface area contributed by atoms with Crippen molar-refractivity contribution in [1.82, 2.24) is 0 Å². The Labute approximate surface area is 88.1 Å². The second-order valence-corrected chi connectivity index (χ2v) is 2.94. The lowest BCUT2D eigenvalue weighted by atomic mass is 10.1. The van der Waals surface area contributed by atoms with Crippen molar-refractivity contribution in [2.45, 2.75) is 6.92 Å². The molecule has 86 valence electrons. The molecule has 0 fully saturated rings. The first-order valence-electron chi connectivity index (χ1n) is 4.01. The fourth-order valence-electron chi connectivity index (χ4n) is 1.16. The van der Waals surface area contributed by atoms with Crippen LogP contribution < -0.4 is 5.73 Å². The molecular formula is C8H7F2N3O3. The lowest BCUT2D eigenvalue weighted by molar-refractivity contribution is -0.388. The molecule has 16 heavy (non-hydrogen) atoms. The number of hydrogen-bond acceptors (Lipinski definition) is 4. The predicted molar refractivity (Wildman–Crippen MR) is 50.3 cm³/mol. The van der Waals surface area contributed by atoms with Gasteiger partial charge in [0.2, 0.25) is 5.82 Å². The van der Waals surface area contributed by atoms with Crippen LogP contribution in [-0.2, 0) is 0 Å². The zero-order valence-corrected chi connectivity index (χ0v) is 8.07. The van der Waals surface area contributed by atoms with Crippen LogP contribution >= 0.6 is 0 Å². The maximum absolute atomic E-state index is 13.5. The van der Waals surface area contributed by atoms with Crippen LogP contribution in [0.25, 0.3) is 0 Å². The van der Waals surface area contributed by atoms with E-state index in [1.165, 1.54) is 0 Å². The quantitative estimate of drug-likeness (QED) is 0.263. The van der Waals surface area contributed by atoms with Gasteiger partial charge in [-0.05, 0) is 13.0 Å². The summed E-state index contributed by atoms with van der Waals surface area (Å²) < 4.78 is 26.7. The molecular weight excluding hydrogens is 224 g/mol. The second kappa shape index (κ2) is 4.09. The molecule has 0 unspecified atom stereocenters. The highest BCUT2D eigenvalue weighted by Crippen LogP contribution is 2.27. The van der Waals surface area contributed by atoms with E-state index in [-0.39, 0.29) is 0 Å². The summed E-state index contributed by atoms with van der Waals surface area (Å²) in [6, 6.07) is 0.632. The van der Waals surface area contributed by atoms with Crippen molar-refractivity contribution in [2.75, 3.05) is 0 Å². The molecule has 0 atom stereocenters. The van der Waals surface area contributed by atoms with Gasteiger partial charge in [-0.3, -0.25) is 10.1 Å². The van der Waals surface area contributed by atoms with Crippen LogP contribution in [0.3, 0.4) is 0 Å². The third-order valence-corrected chi connectivity index (χ3v) is 2.00. The van der Waals surface area contributed by atoms with Crippen LogP contribution in [0.1, 0.15) is 11.1 Å². The number of rotatable bonds is 2. The molecule has 1 rings (SSSR count). The van der Waals surface area contributed by atoms with Crippen LogP contribution in [0.15, 0.2) is 11.2 Å². The standard InChI is InChI=1S/C8H7F2N3O3/c1-3-5(9)2-4(8(11)12-14)6(10)7(3)13(15)16/h2,14H,1H3,(H2,11,12). The summed E-state index contributed by atoms with van der Waals surface area (Å²) in [6.07, 6.45) is 0. The smallest absolute Gasteiger partial charge is 0.311 e. The molecule has 0 saturated heterocycles. The van der Waals surface area contributed by atoms with Gasteiger partial charge in [0.1, 0.15) is 5.82 Å². The van der Waals surface area contributed by atoms with Gasteiger partial charge in [-0.15, -0.1) is 0 Å². The third-order valence-electron chi connectivity index (χ3n) is 2.00. The van der Waals surface area contributed by atoms with Gasteiger partial charge in [-0.2, -0.15) is 4.39 Å². The second-order valence-electron chi connectivity index (χ2n) is 2.94. The Kier molecular flexibility index (Phi) is 3.02. The molecule has 8 heteroatoms. The number of hydrogen-bond donors (Lipinski definition) is 2. The van der Waals surface area contributed by atoms with Crippen molar-refractivity contribution in [1.29, 1.82) is 0 Å². The van der Waals surface area contributed by atoms with Crippen molar-refractivity contribution in [3.63, 3.8) is 0 Å². The van der Waals surface area contributed by atoms with E-state index in [0.717, 1.165) is 6.92 Å². The number of oxime groups is 1. The zero-order chi connectivity index (χ0) is 12.5. The molecule has 0 aliphatic heterocycles. The highest BCUT2D eigenvalue weighted by Gasteiger charge is 2.26. The van der Waals surface area contributed by atoms with Gasteiger partial charge >= 0.3 is 5.69 Å². The molecule has 1 aromatic rings. The van der Waals surface area contributed by atoms with Crippen LogP contribution in [0, 0.1) is 28.7 Å². The van der Waals surface area contributed by atoms with Crippen LogP contribution in [0.4, 0.5) is 14.5 Å². The lowest BCUT2D eigenvalue weighted by Crippen LogP contribution is -2.17. The molecule has 0 aliphatic carbocycles. The predicted octanol–water partition coefficient (Wildman–Crippen LogP) is 1.28. The van der Waals surface area contributed by atoms with E-state index in [4.69, 9.17) is 10.9 Å². The van der Waals surface area contributed by atoms with Crippen molar-refractivity contribution in [2.24, 2.45) is 10.9 Å². The normalized spacial score (nSPS) is 11.6. The largest absolute Gasteiger partial charge is 0.409 e. The Morgan fingerprint density at radius 2 is 2.19 bits per heavy atom. The molecule has 0 bridgehead atoms. The third kappa shape index (κ3) is 1.76. The van der Waals surface area contributed by atoms with Gasteiger partial charge in [0.15, 0.2) is 5.84 Å². The Morgan fingerprint density at radius 1 is 1.62 bits per heavy atom. The maximum atomic E-state index is 13.5. The summed E-state index contributed by atoms with van der Waals surface area (Å²) in [5, 5.41) is 21.3. The maximum Gasteiger partial charge on any atom is 0.311 e. The molecule has 0 aromatic heterocycles. The Balaban J connectivity index is 3.63. The van der Waals surface area contributed by atoms with Gasteiger partial charge in [0.05, 0.1) is 16.1 Å². The van der Waals surface area contributed by atoms with E-state index in [1.54, 1.807) is 0 Å². The van der Waals surface area contributed by atoms with Crippen molar-refractivity contribution in [3.05, 3.63) is 38.9 Å². The molecule has 3 N–H and O–H groups in total. The van der Waals surface area contributed by atoms with E-state index < -0.39 is 39.2 Å². The average Bonchev–Trinajstić information content (AvgIpc) is 2.22. The highest BCUT2D eigenvalue weighted by atomic mass is 19.1. The van der Waals surface area contributed by atoms with Crippen molar-refractivity contribution in [3.8, 4) is 0 Å². The minimum absolute atomic E-state index is 0.447. The van der Waals surface area contributed by atoms with Crippen LogP contribution in [-0.4, -0.2) is 16.0 Å². The number of amidine groups is 1. The van der Waals surface area contributed by atoms with E-state index in [9.17, 15) is 18.9 Å².